The summed E-state index contributed by atoms with van der Waals surface area (Å²) < 4.78 is 68.3. The summed E-state index contributed by atoms with van der Waals surface area (Å²) in [7, 11) is 0. The molecular weight excluding hydrogens is 445 g/mol. The molecule has 180 valence electrons. The Balaban J connectivity index is 0.000000343. The lowest BCUT2D eigenvalue weighted by atomic mass is 9.98. The van der Waals surface area contributed by atoms with Crippen molar-refractivity contribution in [2.24, 2.45) is 0 Å². The maximum Gasteiger partial charge on any atom is 0.419 e. The number of carbonyl (C=O) groups excluding carboxylic acids is 1. The van der Waals surface area contributed by atoms with E-state index in [2.05, 4.69) is 6.92 Å². The molecule has 0 saturated heterocycles. The highest BCUT2D eigenvalue weighted by atomic mass is 19.4. The van der Waals surface area contributed by atoms with Crippen molar-refractivity contribution in [2.75, 3.05) is 0 Å². The number of carbonyl (C=O) groups is 2. The van der Waals surface area contributed by atoms with Gasteiger partial charge in [0.1, 0.15) is 6.10 Å². The summed E-state index contributed by atoms with van der Waals surface area (Å²) in [6.07, 6.45) is 3.49. The Hall–Kier alpha value is -2.79. The van der Waals surface area contributed by atoms with Gasteiger partial charge in [-0.2, -0.15) is 13.2 Å². The lowest BCUT2D eigenvalue weighted by molar-refractivity contribution is -0.516. The zero-order valence-electron chi connectivity index (χ0n) is 17.3. The molecule has 0 aromatic heterocycles. The number of esters is 1. The summed E-state index contributed by atoms with van der Waals surface area (Å²) in [4.78, 5) is 30.8. The van der Waals surface area contributed by atoms with Crippen LogP contribution >= 0.6 is 0 Å². The van der Waals surface area contributed by atoms with Crippen LogP contribution in [-0.2, 0) is 20.5 Å². The minimum Gasteiger partial charge on any atom is -0.476 e. The first-order chi connectivity index (χ1) is 14.9. The molecule has 1 aromatic carbocycles. The summed E-state index contributed by atoms with van der Waals surface area (Å²) in [6, 6.07) is -2.66. The number of hydrogen-bond donors (Lipinski definition) is 1. The number of carboxylic acids is 1. The first-order valence-corrected chi connectivity index (χ1v) is 10.00. The molecule has 12 heteroatoms. The number of nitro groups is 1. The van der Waals surface area contributed by atoms with E-state index in [-0.39, 0.29) is 24.2 Å². The van der Waals surface area contributed by atoms with Gasteiger partial charge in [-0.3, -0.25) is 14.9 Å². The van der Waals surface area contributed by atoms with E-state index in [1.165, 1.54) is 19.3 Å². The number of unbranched alkanes of at least 4 members (excludes halogenated alkanes) is 1. The molecule has 0 amide bonds. The van der Waals surface area contributed by atoms with Crippen LogP contribution in [0.15, 0.2) is 12.1 Å². The second-order valence-corrected chi connectivity index (χ2v) is 7.24. The summed E-state index contributed by atoms with van der Waals surface area (Å²) >= 11 is 0. The predicted octanol–water partition coefficient (Wildman–Crippen LogP) is 5.44. The fourth-order valence-electron chi connectivity index (χ4n) is 3.08. The fraction of sp³-hybridized carbons (Fsp3) is 0.600. The van der Waals surface area contributed by atoms with Crippen LogP contribution in [0.3, 0.4) is 0 Å². The van der Waals surface area contributed by atoms with E-state index in [9.17, 15) is 41.7 Å². The lowest BCUT2D eigenvalue weighted by Gasteiger charge is -2.21. The van der Waals surface area contributed by atoms with E-state index >= 15 is 0 Å². The van der Waals surface area contributed by atoms with Gasteiger partial charge in [0, 0.05) is 16.9 Å². The smallest absolute Gasteiger partial charge is 0.419 e. The molecule has 0 bridgehead atoms. The Labute approximate surface area is 180 Å². The van der Waals surface area contributed by atoms with Gasteiger partial charge in [0.2, 0.25) is 0 Å². The molecule has 1 aliphatic rings. The number of benzene rings is 1. The van der Waals surface area contributed by atoms with Crippen molar-refractivity contribution < 1.29 is 46.3 Å². The molecule has 0 aliphatic heterocycles. The Kier molecular flexibility index (Phi) is 10.5. The van der Waals surface area contributed by atoms with Gasteiger partial charge in [0.25, 0.3) is 0 Å². The van der Waals surface area contributed by atoms with Crippen molar-refractivity contribution in [3.8, 4) is 0 Å². The Morgan fingerprint density at radius 1 is 1.22 bits per heavy atom. The lowest BCUT2D eigenvalue weighted by Crippen LogP contribution is -2.22. The van der Waals surface area contributed by atoms with Gasteiger partial charge in [0.15, 0.2) is 11.6 Å². The highest BCUT2D eigenvalue weighted by Gasteiger charge is 2.40. The van der Waals surface area contributed by atoms with Crippen LogP contribution in [0.1, 0.15) is 75.5 Å². The van der Waals surface area contributed by atoms with Crippen molar-refractivity contribution in [1.82, 2.24) is 0 Å². The summed E-state index contributed by atoms with van der Waals surface area (Å²) in [5.41, 5.74) is -3.21. The van der Waals surface area contributed by atoms with Crippen LogP contribution in [0.2, 0.25) is 0 Å². The normalized spacial score (nSPS) is 15.3. The zero-order chi connectivity index (χ0) is 24.5. The topological polar surface area (TPSA) is 107 Å². The van der Waals surface area contributed by atoms with Crippen LogP contribution in [0.5, 0.6) is 0 Å². The Morgan fingerprint density at radius 2 is 1.81 bits per heavy atom. The van der Waals surface area contributed by atoms with Gasteiger partial charge in [-0.05, 0) is 44.2 Å². The van der Waals surface area contributed by atoms with E-state index in [0.717, 1.165) is 25.7 Å². The number of halogens is 5. The molecule has 1 aromatic rings. The van der Waals surface area contributed by atoms with Gasteiger partial charge in [-0.25, -0.2) is 13.6 Å². The SMILES string of the molecule is CCCCC(=O)OC1CCCCC1.O=C(O)C(c1cc(F)c(F)c(C(F)(F)F)c1)[N+](=O)[O-]. The Bertz CT molecular complexity index is 794. The van der Waals surface area contributed by atoms with Gasteiger partial charge < -0.3 is 9.84 Å². The molecule has 1 unspecified atom stereocenters. The molecular formula is C20H24F5NO6. The molecule has 32 heavy (non-hydrogen) atoms. The summed E-state index contributed by atoms with van der Waals surface area (Å²) in [6.45, 7) is 2.09. The third kappa shape index (κ3) is 8.39. The van der Waals surface area contributed by atoms with Gasteiger partial charge >= 0.3 is 24.2 Å². The van der Waals surface area contributed by atoms with Gasteiger partial charge in [-0.15, -0.1) is 0 Å². The number of ether oxygens (including phenoxy) is 1. The molecule has 2 rings (SSSR count). The molecule has 1 atom stereocenters. The first kappa shape index (κ1) is 27.2. The standard InChI is InChI=1S/C11H20O2.C9H4F5NO4/c1-2-3-9-11(12)13-10-7-5-4-6-8-10;10-5-2-3(7(8(16)17)15(18)19)1-4(6(5)11)9(12,13)14/h10H,2-9H2,1H3;1-2,7H,(H,16,17). The maximum atomic E-state index is 13.0. The van der Waals surface area contributed by atoms with E-state index in [1.807, 2.05) is 0 Å². The molecule has 1 fully saturated rings. The number of hydrogen-bond acceptors (Lipinski definition) is 5. The highest BCUT2D eigenvalue weighted by Crippen LogP contribution is 2.34. The van der Waals surface area contributed by atoms with Gasteiger partial charge in [0.05, 0.1) is 5.56 Å². The molecule has 1 saturated carbocycles. The molecule has 0 radical (unpaired) electrons. The van der Waals surface area contributed by atoms with E-state index in [4.69, 9.17) is 9.84 Å². The predicted molar refractivity (Wildman–Crippen MR) is 101 cm³/mol. The van der Waals surface area contributed by atoms with Crippen molar-refractivity contribution >= 4 is 11.9 Å². The molecule has 1 N–H and O–H groups in total. The second-order valence-electron chi connectivity index (χ2n) is 7.24. The number of nitrogens with zero attached hydrogens (tertiary/aromatic N) is 1. The monoisotopic (exact) mass is 469 g/mol. The number of rotatable bonds is 7. The molecule has 7 nitrogen and oxygen atoms in total. The van der Waals surface area contributed by atoms with E-state index < -0.39 is 45.9 Å². The minimum atomic E-state index is -5.30. The van der Waals surface area contributed by atoms with Crippen LogP contribution in [0.4, 0.5) is 22.0 Å². The number of alkyl halides is 3. The van der Waals surface area contributed by atoms with Crippen molar-refractivity contribution in [3.05, 3.63) is 45.0 Å². The Morgan fingerprint density at radius 3 is 2.28 bits per heavy atom. The van der Waals surface area contributed by atoms with Crippen LogP contribution in [-0.4, -0.2) is 28.1 Å². The fourth-order valence-corrected chi connectivity index (χ4v) is 3.08. The van der Waals surface area contributed by atoms with E-state index in [1.54, 1.807) is 0 Å². The third-order valence-corrected chi connectivity index (χ3v) is 4.70. The second kappa shape index (κ2) is 12.3. The number of aliphatic carboxylic acids is 1. The molecule has 1 aliphatic carbocycles. The largest absolute Gasteiger partial charge is 0.476 e. The average Bonchev–Trinajstić information content (AvgIpc) is 2.69. The van der Waals surface area contributed by atoms with Gasteiger partial charge in [-0.1, -0.05) is 19.8 Å². The summed E-state index contributed by atoms with van der Waals surface area (Å²) in [5.74, 6) is -6.35. The van der Waals surface area contributed by atoms with E-state index in [0.29, 0.717) is 6.42 Å². The van der Waals surface area contributed by atoms with Crippen molar-refractivity contribution in [3.63, 3.8) is 0 Å². The number of carboxylic acid groups (broad SMARTS) is 1. The summed E-state index contributed by atoms with van der Waals surface area (Å²) in [5, 5.41) is 18.9. The molecule has 0 heterocycles. The highest BCUT2D eigenvalue weighted by molar-refractivity contribution is 5.74. The van der Waals surface area contributed by atoms with Crippen LogP contribution in [0.25, 0.3) is 0 Å². The van der Waals surface area contributed by atoms with Crippen LogP contribution < -0.4 is 0 Å². The third-order valence-electron chi connectivity index (χ3n) is 4.70. The van der Waals surface area contributed by atoms with Crippen LogP contribution in [0, 0.1) is 21.7 Å². The quantitative estimate of drug-likeness (QED) is 0.247. The van der Waals surface area contributed by atoms with Crippen molar-refractivity contribution in [1.29, 1.82) is 0 Å². The minimum absolute atomic E-state index is 0.00810. The molecule has 0 spiro atoms. The van der Waals surface area contributed by atoms with Crippen molar-refractivity contribution in [2.45, 2.75) is 76.6 Å². The zero-order valence-corrected chi connectivity index (χ0v) is 17.3. The maximum absolute atomic E-state index is 13.0. The first-order valence-electron chi connectivity index (χ1n) is 10.00. The average molecular weight is 469 g/mol.